The highest BCUT2D eigenvalue weighted by molar-refractivity contribution is 5.61. The fourth-order valence-corrected chi connectivity index (χ4v) is 2.67. The molecule has 0 aliphatic carbocycles. The van der Waals surface area contributed by atoms with Crippen molar-refractivity contribution in [2.24, 2.45) is 0 Å². The van der Waals surface area contributed by atoms with E-state index >= 15 is 0 Å². The van der Waals surface area contributed by atoms with Gasteiger partial charge in [0.15, 0.2) is 11.5 Å². The van der Waals surface area contributed by atoms with E-state index < -0.39 is 0 Å². The van der Waals surface area contributed by atoms with Crippen molar-refractivity contribution >= 4 is 11.3 Å². The normalized spacial score (nSPS) is 11.1. The van der Waals surface area contributed by atoms with Gasteiger partial charge in [0.1, 0.15) is 18.1 Å². The van der Waals surface area contributed by atoms with Crippen molar-refractivity contribution in [3.63, 3.8) is 0 Å². The number of hydrogen-bond acceptors (Lipinski definition) is 6. The number of nitrogens with two attached hydrogens (primary N) is 1. The lowest BCUT2D eigenvalue weighted by atomic mass is 10.2. The van der Waals surface area contributed by atoms with Gasteiger partial charge in [-0.1, -0.05) is 5.16 Å². The molecule has 25 heavy (non-hydrogen) atoms. The molecule has 3 heterocycles. The minimum Gasteiger partial charge on any atom is -0.489 e. The van der Waals surface area contributed by atoms with E-state index in [9.17, 15) is 0 Å². The van der Waals surface area contributed by atoms with Crippen molar-refractivity contribution in [2.45, 2.75) is 20.5 Å². The van der Waals surface area contributed by atoms with Gasteiger partial charge >= 0.3 is 0 Å². The lowest BCUT2D eigenvalue weighted by Gasteiger charge is -2.07. The second-order valence-corrected chi connectivity index (χ2v) is 5.83. The van der Waals surface area contributed by atoms with Crippen LogP contribution >= 0.6 is 0 Å². The Kier molecular flexibility index (Phi) is 3.61. The smallest absolute Gasteiger partial charge is 0.168 e. The molecular formula is C18H17N5O2. The number of anilines is 1. The van der Waals surface area contributed by atoms with Crippen LogP contribution < -0.4 is 10.5 Å². The van der Waals surface area contributed by atoms with Gasteiger partial charge in [0, 0.05) is 17.4 Å². The monoisotopic (exact) mass is 335 g/mol. The molecule has 0 saturated carbocycles. The maximum absolute atomic E-state index is 5.86. The van der Waals surface area contributed by atoms with E-state index in [4.69, 9.17) is 15.0 Å². The quantitative estimate of drug-likeness (QED) is 0.616. The summed E-state index contributed by atoms with van der Waals surface area (Å²) in [5.74, 6) is 2.28. The molecule has 0 saturated heterocycles. The average Bonchev–Trinajstić information content (AvgIpc) is 3.17. The van der Waals surface area contributed by atoms with Gasteiger partial charge in [0.05, 0.1) is 11.3 Å². The van der Waals surface area contributed by atoms with Gasteiger partial charge in [0.25, 0.3) is 0 Å². The number of fused-ring (bicyclic) bond motifs is 1. The number of ether oxygens (including phenoxy) is 1. The first-order chi connectivity index (χ1) is 12.1. The largest absolute Gasteiger partial charge is 0.489 e. The van der Waals surface area contributed by atoms with Crippen LogP contribution in [0.1, 0.15) is 17.0 Å². The first-order valence-electron chi connectivity index (χ1n) is 7.87. The number of hydrogen-bond donors (Lipinski definition) is 1. The molecule has 4 aromatic rings. The predicted molar refractivity (Wildman–Crippen MR) is 93.1 cm³/mol. The molecule has 7 heteroatoms. The zero-order valence-electron chi connectivity index (χ0n) is 13.9. The van der Waals surface area contributed by atoms with Crippen LogP contribution in [0, 0.1) is 13.8 Å². The van der Waals surface area contributed by atoms with Crippen LogP contribution in [-0.4, -0.2) is 19.8 Å². The fourth-order valence-electron chi connectivity index (χ4n) is 2.67. The summed E-state index contributed by atoms with van der Waals surface area (Å²) in [5, 5.41) is 12.3. The van der Waals surface area contributed by atoms with Crippen LogP contribution in [-0.2, 0) is 6.61 Å². The van der Waals surface area contributed by atoms with Crippen molar-refractivity contribution in [2.75, 3.05) is 5.73 Å². The highest BCUT2D eigenvalue weighted by Gasteiger charge is 2.11. The Bertz CT molecular complexity index is 1010. The summed E-state index contributed by atoms with van der Waals surface area (Å²) in [4.78, 5) is 0. The fraction of sp³-hybridized carbons (Fsp3) is 0.167. The Labute approximate surface area is 144 Å². The lowest BCUT2D eigenvalue weighted by Crippen LogP contribution is -1.98. The second kappa shape index (κ2) is 5.94. The summed E-state index contributed by atoms with van der Waals surface area (Å²) in [7, 11) is 0. The number of nitrogens with zero attached hydrogens (tertiary/aromatic N) is 4. The molecule has 3 aromatic heterocycles. The van der Waals surface area contributed by atoms with Crippen LogP contribution in [0.3, 0.4) is 0 Å². The van der Waals surface area contributed by atoms with E-state index in [1.165, 1.54) is 0 Å². The number of rotatable bonds is 4. The predicted octanol–water partition coefficient (Wildman–Crippen LogP) is 3.16. The Morgan fingerprint density at radius 1 is 1.08 bits per heavy atom. The number of pyridine rings is 1. The van der Waals surface area contributed by atoms with Gasteiger partial charge < -0.3 is 15.0 Å². The third-order valence-electron chi connectivity index (χ3n) is 4.10. The zero-order valence-corrected chi connectivity index (χ0v) is 13.9. The lowest BCUT2D eigenvalue weighted by molar-refractivity contribution is 0.302. The van der Waals surface area contributed by atoms with Crippen molar-refractivity contribution in [3.05, 3.63) is 59.6 Å². The number of nitrogen functional groups attached to an aromatic ring is 1. The summed E-state index contributed by atoms with van der Waals surface area (Å²) >= 11 is 0. The van der Waals surface area contributed by atoms with Gasteiger partial charge in [0.2, 0.25) is 0 Å². The Balaban J connectivity index is 1.56. The molecule has 7 nitrogen and oxygen atoms in total. The summed E-state index contributed by atoms with van der Waals surface area (Å²) < 4.78 is 12.8. The van der Waals surface area contributed by atoms with Crippen LogP contribution in [0.2, 0.25) is 0 Å². The summed E-state index contributed by atoms with van der Waals surface area (Å²) in [6, 6.07) is 11.3. The SMILES string of the molecule is Cc1noc(C)c1COc1ccc(-c2nnc3ccc(N)cn23)cc1. The molecule has 0 bridgehead atoms. The van der Waals surface area contributed by atoms with Crippen LogP contribution in [0.5, 0.6) is 5.75 Å². The van der Waals surface area contributed by atoms with Crippen molar-refractivity contribution < 1.29 is 9.26 Å². The second-order valence-electron chi connectivity index (χ2n) is 5.83. The molecule has 126 valence electrons. The molecular weight excluding hydrogens is 318 g/mol. The van der Waals surface area contributed by atoms with E-state index in [1.54, 1.807) is 6.07 Å². The maximum atomic E-state index is 5.86. The number of benzene rings is 1. The third-order valence-corrected chi connectivity index (χ3v) is 4.10. The maximum Gasteiger partial charge on any atom is 0.168 e. The van der Waals surface area contributed by atoms with Crippen LogP contribution in [0.4, 0.5) is 5.69 Å². The zero-order chi connectivity index (χ0) is 17.4. The first kappa shape index (κ1) is 15.2. The Morgan fingerprint density at radius 2 is 1.88 bits per heavy atom. The molecule has 1 aromatic carbocycles. The van der Waals surface area contributed by atoms with E-state index in [2.05, 4.69) is 15.4 Å². The number of aryl methyl sites for hydroxylation is 2. The van der Waals surface area contributed by atoms with E-state index in [0.29, 0.717) is 12.3 Å². The summed E-state index contributed by atoms with van der Waals surface area (Å²) in [5.41, 5.74) is 10.0. The van der Waals surface area contributed by atoms with Gasteiger partial charge in [-0.25, -0.2) is 0 Å². The standard InChI is InChI=1S/C18H17N5O2/c1-11-16(12(2)25-22-11)10-24-15-6-3-13(4-7-15)18-21-20-17-8-5-14(19)9-23(17)18/h3-9H,10,19H2,1-2H3. The molecule has 0 unspecified atom stereocenters. The molecule has 0 radical (unpaired) electrons. The Hall–Kier alpha value is -3.35. The van der Waals surface area contributed by atoms with Gasteiger partial charge in [-0.3, -0.25) is 4.40 Å². The van der Waals surface area contributed by atoms with Crippen molar-refractivity contribution in [1.82, 2.24) is 19.8 Å². The molecule has 0 spiro atoms. The molecule has 0 fully saturated rings. The van der Waals surface area contributed by atoms with Crippen molar-refractivity contribution in [1.29, 1.82) is 0 Å². The summed E-state index contributed by atoms with van der Waals surface area (Å²) in [6.07, 6.45) is 1.81. The molecule has 0 aliphatic rings. The molecule has 4 rings (SSSR count). The van der Waals surface area contributed by atoms with E-state index in [0.717, 1.165) is 39.8 Å². The Morgan fingerprint density at radius 3 is 2.60 bits per heavy atom. The molecule has 0 amide bonds. The summed E-state index contributed by atoms with van der Waals surface area (Å²) in [6.45, 7) is 4.20. The third kappa shape index (κ3) is 2.80. The van der Waals surface area contributed by atoms with Gasteiger partial charge in [-0.15, -0.1) is 10.2 Å². The van der Waals surface area contributed by atoms with Gasteiger partial charge in [-0.2, -0.15) is 0 Å². The number of aromatic nitrogens is 4. The minimum atomic E-state index is 0.422. The molecule has 2 N–H and O–H groups in total. The molecule has 0 atom stereocenters. The average molecular weight is 335 g/mol. The van der Waals surface area contributed by atoms with E-state index in [1.807, 2.05) is 54.8 Å². The van der Waals surface area contributed by atoms with Gasteiger partial charge in [-0.05, 0) is 50.2 Å². The first-order valence-corrected chi connectivity index (χ1v) is 7.87. The highest BCUT2D eigenvalue weighted by Crippen LogP contribution is 2.23. The topological polar surface area (TPSA) is 91.5 Å². The highest BCUT2D eigenvalue weighted by atomic mass is 16.5. The van der Waals surface area contributed by atoms with Crippen LogP contribution in [0.25, 0.3) is 17.0 Å². The van der Waals surface area contributed by atoms with E-state index in [-0.39, 0.29) is 0 Å². The van der Waals surface area contributed by atoms with Crippen molar-refractivity contribution in [3.8, 4) is 17.1 Å². The van der Waals surface area contributed by atoms with Crippen LogP contribution in [0.15, 0.2) is 47.1 Å². The molecule has 0 aliphatic heterocycles. The minimum absolute atomic E-state index is 0.422.